The summed E-state index contributed by atoms with van der Waals surface area (Å²) >= 11 is 0. The van der Waals surface area contributed by atoms with Gasteiger partial charge in [-0.3, -0.25) is 9.59 Å². The number of carbonyl (C=O) groups is 2. The van der Waals surface area contributed by atoms with Gasteiger partial charge >= 0.3 is 0 Å². The molecule has 1 saturated heterocycles. The summed E-state index contributed by atoms with van der Waals surface area (Å²) in [5.74, 6) is 3.30. The summed E-state index contributed by atoms with van der Waals surface area (Å²) in [6.45, 7) is 2.53. The maximum atomic E-state index is 13.8. The monoisotopic (exact) mass is 586 g/mol. The van der Waals surface area contributed by atoms with Crippen molar-refractivity contribution in [1.82, 2.24) is 9.80 Å². The van der Waals surface area contributed by atoms with Gasteiger partial charge in [-0.2, -0.15) is 0 Å². The van der Waals surface area contributed by atoms with Crippen molar-refractivity contribution < 1.29 is 38.0 Å². The van der Waals surface area contributed by atoms with Gasteiger partial charge in [-0.1, -0.05) is 30.3 Å². The van der Waals surface area contributed by atoms with Crippen LogP contribution in [0.4, 0.5) is 0 Å². The van der Waals surface area contributed by atoms with Gasteiger partial charge in [0.1, 0.15) is 0 Å². The lowest BCUT2D eigenvalue weighted by atomic mass is 9.95. The molecule has 0 aliphatic carbocycles. The van der Waals surface area contributed by atoms with E-state index in [-0.39, 0.29) is 37.5 Å². The van der Waals surface area contributed by atoms with Crippen LogP contribution < -0.4 is 28.4 Å². The molecule has 0 bridgehead atoms. The summed E-state index contributed by atoms with van der Waals surface area (Å²) in [4.78, 5) is 30.6. The largest absolute Gasteiger partial charge is 0.493 e. The number of amides is 2. The second-order valence-corrected chi connectivity index (χ2v) is 10.7. The molecule has 0 unspecified atom stereocenters. The molecule has 2 amide bonds. The molecule has 10 heteroatoms. The first-order chi connectivity index (χ1) is 20.9. The van der Waals surface area contributed by atoms with Gasteiger partial charge in [0, 0.05) is 26.1 Å². The summed E-state index contributed by atoms with van der Waals surface area (Å²) in [5, 5.41) is 0. The lowest BCUT2D eigenvalue weighted by molar-refractivity contribution is -0.142. The van der Waals surface area contributed by atoms with Gasteiger partial charge in [0.15, 0.2) is 23.0 Å². The fourth-order valence-corrected chi connectivity index (χ4v) is 5.93. The van der Waals surface area contributed by atoms with Crippen molar-refractivity contribution in [1.29, 1.82) is 0 Å². The molecule has 1 fully saturated rings. The molecule has 0 radical (unpaired) electrons. The van der Waals surface area contributed by atoms with Crippen LogP contribution in [0.3, 0.4) is 0 Å². The summed E-state index contributed by atoms with van der Waals surface area (Å²) in [6.07, 6.45) is 4.42. The molecule has 0 aromatic heterocycles. The van der Waals surface area contributed by atoms with E-state index in [2.05, 4.69) is 0 Å². The highest BCUT2D eigenvalue weighted by Crippen LogP contribution is 2.43. The SMILES string of the molecule is COc1cc(C[C@H]2CN(C(=O)/C=C/c3ccccc3)[C@@H](Cc3cc(OC)c4c(c3)OCO4)CN2C(C)=O)cc2c1OCO2. The number of methoxy groups -OCH3 is 2. The van der Waals surface area contributed by atoms with E-state index in [0.717, 1.165) is 16.7 Å². The van der Waals surface area contributed by atoms with Crippen molar-refractivity contribution in [3.05, 3.63) is 77.4 Å². The highest BCUT2D eigenvalue weighted by Gasteiger charge is 2.38. The number of fused-ring (bicyclic) bond motifs is 2. The van der Waals surface area contributed by atoms with Crippen LogP contribution in [0.1, 0.15) is 23.6 Å². The third-order valence-electron chi connectivity index (χ3n) is 7.98. The molecule has 0 spiro atoms. The molecule has 224 valence electrons. The van der Waals surface area contributed by atoms with Gasteiger partial charge in [0.2, 0.25) is 36.9 Å². The predicted octanol–water partition coefficient (Wildman–Crippen LogP) is 4.09. The summed E-state index contributed by atoms with van der Waals surface area (Å²) in [6, 6.07) is 16.8. The van der Waals surface area contributed by atoms with Crippen LogP contribution in [0, 0.1) is 0 Å². The number of ether oxygens (including phenoxy) is 6. The van der Waals surface area contributed by atoms with E-state index in [4.69, 9.17) is 28.4 Å². The summed E-state index contributed by atoms with van der Waals surface area (Å²) in [5.41, 5.74) is 2.77. The summed E-state index contributed by atoms with van der Waals surface area (Å²) in [7, 11) is 3.16. The molecular weight excluding hydrogens is 552 g/mol. The van der Waals surface area contributed by atoms with Gasteiger partial charge in [-0.05, 0) is 59.9 Å². The number of rotatable bonds is 8. The quantitative estimate of drug-likeness (QED) is 0.365. The van der Waals surface area contributed by atoms with Gasteiger partial charge in [0.25, 0.3) is 0 Å². The Morgan fingerprint density at radius 2 is 1.33 bits per heavy atom. The molecule has 3 aromatic carbocycles. The van der Waals surface area contributed by atoms with Crippen LogP contribution in [0.25, 0.3) is 6.08 Å². The van der Waals surface area contributed by atoms with Crippen LogP contribution in [-0.4, -0.2) is 74.6 Å². The van der Waals surface area contributed by atoms with E-state index in [1.165, 1.54) is 0 Å². The van der Waals surface area contributed by atoms with Crippen LogP contribution >= 0.6 is 0 Å². The second kappa shape index (κ2) is 12.2. The number of hydrogen-bond donors (Lipinski definition) is 0. The number of nitrogens with zero attached hydrogens (tertiary/aromatic N) is 2. The van der Waals surface area contributed by atoms with E-state index >= 15 is 0 Å². The zero-order chi connectivity index (χ0) is 29.9. The van der Waals surface area contributed by atoms with Crippen LogP contribution in [0.2, 0.25) is 0 Å². The highest BCUT2D eigenvalue weighted by molar-refractivity contribution is 5.92. The third kappa shape index (κ3) is 5.90. The number of hydrogen-bond acceptors (Lipinski definition) is 8. The summed E-state index contributed by atoms with van der Waals surface area (Å²) < 4.78 is 33.5. The smallest absolute Gasteiger partial charge is 0.246 e. The molecule has 3 aliphatic rings. The Hall–Kier alpha value is -4.86. The second-order valence-electron chi connectivity index (χ2n) is 10.7. The first kappa shape index (κ1) is 28.3. The molecule has 6 rings (SSSR count). The lowest BCUT2D eigenvalue weighted by Crippen LogP contribution is -2.61. The standard InChI is InChI=1S/C33H34N2O8/c1-21(36)34-17-26(12-24-14-28(39-3)33-30(16-24)41-20-43-33)35(31(37)10-9-22-7-5-4-6-8-22)18-25(34)11-23-13-27(38-2)32-29(15-23)40-19-42-32/h4-10,13-16,25-26H,11-12,17-20H2,1-3H3/b10-9+/t25-,26-/m0/s1. The van der Waals surface area contributed by atoms with E-state index < -0.39 is 0 Å². The Bertz CT molecular complexity index is 1540. The van der Waals surface area contributed by atoms with Gasteiger partial charge in [-0.25, -0.2) is 0 Å². The molecule has 43 heavy (non-hydrogen) atoms. The van der Waals surface area contributed by atoms with Crippen LogP contribution in [0.15, 0.2) is 60.7 Å². The topological polar surface area (TPSA) is 96.0 Å². The first-order valence-corrected chi connectivity index (χ1v) is 14.2. The third-order valence-corrected chi connectivity index (χ3v) is 7.98. The van der Waals surface area contributed by atoms with E-state index in [1.54, 1.807) is 27.2 Å². The Morgan fingerprint density at radius 1 is 0.791 bits per heavy atom. The molecule has 3 aliphatic heterocycles. The minimum absolute atomic E-state index is 0.0575. The van der Waals surface area contributed by atoms with Crippen molar-refractivity contribution in [2.75, 3.05) is 40.9 Å². The molecule has 2 atom stereocenters. The fraction of sp³-hybridized carbons (Fsp3) is 0.333. The zero-order valence-electron chi connectivity index (χ0n) is 24.4. The number of piperazine rings is 1. The molecule has 0 N–H and O–H groups in total. The van der Waals surface area contributed by atoms with E-state index in [9.17, 15) is 9.59 Å². The Labute approximate surface area is 250 Å². The van der Waals surface area contributed by atoms with E-state index in [0.29, 0.717) is 60.4 Å². The molecule has 0 saturated carbocycles. The number of benzene rings is 3. The maximum Gasteiger partial charge on any atom is 0.246 e. The Morgan fingerprint density at radius 3 is 1.86 bits per heavy atom. The van der Waals surface area contributed by atoms with Crippen molar-refractivity contribution >= 4 is 17.9 Å². The molecular formula is C33H34N2O8. The zero-order valence-corrected chi connectivity index (χ0v) is 24.4. The van der Waals surface area contributed by atoms with Crippen LogP contribution in [-0.2, 0) is 22.4 Å². The van der Waals surface area contributed by atoms with Gasteiger partial charge in [-0.15, -0.1) is 0 Å². The van der Waals surface area contributed by atoms with Gasteiger partial charge < -0.3 is 38.2 Å². The molecule has 10 nitrogen and oxygen atoms in total. The van der Waals surface area contributed by atoms with Crippen molar-refractivity contribution in [3.63, 3.8) is 0 Å². The average Bonchev–Trinajstić information content (AvgIpc) is 3.70. The minimum atomic E-state index is -0.288. The Kier molecular flexibility index (Phi) is 8.00. The highest BCUT2D eigenvalue weighted by atomic mass is 16.7. The predicted molar refractivity (Wildman–Crippen MR) is 158 cm³/mol. The number of carbonyl (C=O) groups excluding carboxylic acids is 2. The molecule has 3 aromatic rings. The van der Waals surface area contributed by atoms with Crippen molar-refractivity contribution in [2.24, 2.45) is 0 Å². The van der Waals surface area contributed by atoms with Crippen molar-refractivity contribution in [2.45, 2.75) is 31.8 Å². The minimum Gasteiger partial charge on any atom is -0.493 e. The van der Waals surface area contributed by atoms with Crippen LogP contribution in [0.5, 0.6) is 34.5 Å². The van der Waals surface area contributed by atoms with E-state index in [1.807, 2.05) is 70.5 Å². The fourth-order valence-electron chi connectivity index (χ4n) is 5.93. The Balaban J connectivity index is 1.31. The van der Waals surface area contributed by atoms with Crippen molar-refractivity contribution in [3.8, 4) is 34.5 Å². The first-order valence-electron chi connectivity index (χ1n) is 14.2. The normalized spacial score (nSPS) is 18.7. The maximum absolute atomic E-state index is 13.8. The van der Waals surface area contributed by atoms with Gasteiger partial charge in [0.05, 0.1) is 26.3 Å². The average molecular weight is 587 g/mol. The lowest BCUT2D eigenvalue weighted by Gasteiger charge is -2.46. The molecule has 3 heterocycles.